The van der Waals surface area contributed by atoms with Crippen LogP contribution in [0.4, 0.5) is 22.7 Å². The highest BCUT2D eigenvalue weighted by Gasteiger charge is 2.34. The molecule has 0 amide bonds. The number of nitrogens with one attached hydrogen (secondary N) is 4. The van der Waals surface area contributed by atoms with Crippen LogP contribution in [0.3, 0.4) is 0 Å². The topological polar surface area (TPSA) is 48.1 Å². The zero-order chi connectivity index (χ0) is 23.9. The lowest BCUT2D eigenvalue weighted by Gasteiger charge is -2.27. The van der Waals surface area contributed by atoms with Crippen LogP contribution in [-0.4, -0.2) is 13.7 Å². The van der Waals surface area contributed by atoms with Gasteiger partial charge in [0.25, 0.3) is 0 Å². The molecule has 0 spiro atoms. The van der Waals surface area contributed by atoms with Gasteiger partial charge in [0.15, 0.2) is 0 Å². The molecule has 0 aliphatic rings. The maximum atomic E-state index is 3.69. The summed E-state index contributed by atoms with van der Waals surface area (Å²) in [5, 5.41) is 14.8. The quantitative estimate of drug-likeness (QED) is 0.102. The Bertz CT molecular complexity index is 1000. The van der Waals surface area contributed by atoms with E-state index in [2.05, 4.69) is 208 Å². The number of hydrogen-bond acceptors (Lipinski definition) is 4. The van der Waals surface area contributed by atoms with E-state index in [0.717, 1.165) is 22.7 Å². The van der Waals surface area contributed by atoms with Gasteiger partial charge in [-0.25, -0.2) is 0 Å². The highest BCUT2D eigenvalue weighted by molar-refractivity contribution is 14.1. The molecule has 4 aromatic carbocycles. The molecular weight excluding hydrogens is 874 g/mol. The predicted molar refractivity (Wildman–Crippen MR) is 183 cm³/mol. The van der Waals surface area contributed by atoms with Crippen molar-refractivity contribution in [1.82, 2.24) is 0 Å². The largest absolute Gasteiger partial charge is 0.412 e. The van der Waals surface area contributed by atoms with Crippen LogP contribution in [0.15, 0.2) is 97.1 Å². The molecule has 0 unspecified atom stereocenters. The third-order valence-electron chi connectivity index (χ3n) is 5.00. The Morgan fingerprint density at radius 3 is 0.676 bits per heavy atom. The lowest BCUT2D eigenvalue weighted by atomic mass is 9.34. The molecule has 34 heavy (non-hydrogen) atoms. The molecule has 0 aliphatic carbocycles. The van der Waals surface area contributed by atoms with E-state index in [1.165, 1.54) is 14.3 Å². The van der Waals surface area contributed by atoms with Gasteiger partial charge in [0.2, 0.25) is 0 Å². The van der Waals surface area contributed by atoms with Gasteiger partial charge in [0.1, 0.15) is 0 Å². The summed E-state index contributed by atoms with van der Waals surface area (Å²) >= 11 is 9.32. The molecule has 0 aliphatic heterocycles. The molecule has 0 radical (unpaired) electrons. The number of hydrogen-bond donors (Lipinski definition) is 4. The second-order valence-corrected chi connectivity index (χ2v) is 12.5. The smallest absolute Gasteiger partial charge is 0.385 e. The zero-order valence-electron chi connectivity index (χ0n) is 17.9. The van der Waals surface area contributed by atoms with Crippen LogP contribution in [0.1, 0.15) is 0 Å². The summed E-state index contributed by atoms with van der Waals surface area (Å²) in [7, 11) is 0. The standard InChI is InChI=1S/C24H20B2I4N4/c27-17-1-9-21(10-2-17)31-25(32-22-11-3-18(28)4-12-22)26(33-23-13-5-19(29)6-14-23)34-24-15-7-20(30)8-16-24/h1-16,31-34H. The summed E-state index contributed by atoms with van der Waals surface area (Å²) < 4.78 is 4.82. The second-order valence-electron chi connectivity index (χ2n) is 7.56. The van der Waals surface area contributed by atoms with Crippen molar-refractivity contribution in [2.24, 2.45) is 0 Å². The van der Waals surface area contributed by atoms with Crippen LogP contribution in [0, 0.1) is 14.3 Å². The molecule has 0 saturated heterocycles. The Hall–Kier alpha value is -0.870. The van der Waals surface area contributed by atoms with Gasteiger partial charge in [-0.1, -0.05) is 0 Å². The van der Waals surface area contributed by atoms with Gasteiger partial charge in [-0.05, 0) is 187 Å². The summed E-state index contributed by atoms with van der Waals surface area (Å²) in [5.41, 5.74) is 4.17. The molecule has 4 N–H and O–H groups in total. The van der Waals surface area contributed by atoms with Crippen molar-refractivity contribution in [3.63, 3.8) is 0 Å². The average molecular weight is 894 g/mol. The Kier molecular flexibility index (Phi) is 9.94. The molecule has 4 aromatic rings. The fraction of sp³-hybridized carbons (Fsp3) is 0. The van der Waals surface area contributed by atoms with Crippen molar-refractivity contribution >= 4 is 127 Å². The van der Waals surface area contributed by atoms with Gasteiger partial charge in [0.05, 0.1) is 0 Å². The molecular formula is C24H20B2I4N4. The van der Waals surface area contributed by atoms with E-state index >= 15 is 0 Å². The first-order chi connectivity index (χ1) is 16.4. The first-order valence-electron chi connectivity index (χ1n) is 10.5. The van der Waals surface area contributed by atoms with E-state index in [-0.39, 0.29) is 13.7 Å². The lowest BCUT2D eigenvalue weighted by molar-refractivity contribution is 1.56. The monoisotopic (exact) mass is 894 g/mol. The zero-order valence-corrected chi connectivity index (χ0v) is 26.5. The van der Waals surface area contributed by atoms with E-state index in [1.807, 2.05) is 0 Å². The van der Waals surface area contributed by atoms with Crippen molar-refractivity contribution in [2.75, 3.05) is 20.9 Å². The Labute approximate surface area is 256 Å². The minimum Gasteiger partial charge on any atom is -0.412 e. The van der Waals surface area contributed by atoms with Crippen molar-refractivity contribution in [1.29, 1.82) is 0 Å². The van der Waals surface area contributed by atoms with Crippen molar-refractivity contribution in [3.05, 3.63) is 111 Å². The molecule has 0 bridgehead atoms. The molecule has 0 atom stereocenters. The molecule has 10 heteroatoms. The SMILES string of the molecule is Ic1ccc(NB(Nc2ccc(I)cc2)B(Nc2ccc(I)cc2)Nc2ccc(I)cc2)cc1. The minimum absolute atomic E-state index is 0.168. The first kappa shape index (κ1) is 26.2. The minimum atomic E-state index is -0.168. The third kappa shape index (κ3) is 8.08. The summed E-state index contributed by atoms with van der Waals surface area (Å²) in [4.78, 5) is 0. The average Bonchev–Trinajstić information content (AvgIpc) is 2.84. The van der Waals surface area contributed by atoms with Crippen LogP contribution in [0.25, 0.3) is 0 Å². The van der Waals surface area contributed by atoms with Gasteiger partial charge in [0, 0.05) is 37.0 Å². The molecule has 4 nitrogen and oxygen atoms in total. The number of anilines is 4. The van der Waals surface area contributed by atoms with Gasteiger partial charge >= 0.3 is 13.7 Å². The summed E-state index contributed by atoms with van der Waals surface area (Å²) in [5.74, 6) is 0. The second kappa shape index (κ2) is 12.9. The van der Waals surface area contributed by atoms with Crippen LogP contribution >= 0.6 is 90.4 Å². The van der Waals surface area contributed by atoms with Gasteiger partial charge < -0.3 is 20.9 Å². The van der Waals surface area contributed by atoms with E-state index in [9.17, 15) is 0 Å². The third-order valence-corrected chi connectivity index (χ3v) is 7.88. The van der Waals surface area contributed by atoms with Crippen LogP contribution in [0.2, 0.25) is 0 Å². The first-order valence-corrected chi connectivity index (χ1v) is 14.8. The fourth-order valence-corrected chi connectivity index (χ4v) is 4.75. The Balaban J connectivity index is 1.67. The van der Waals surface area contributed by atoms with E-state index in [4.69, 9.17) is 0 Å². The number of halogens is 4. The summed E-state index contributed by atoms with van der Waals surface area (Å²) in [6.07, 6.45) is 0. The Morgan fingerprint density at radius 1 is 0.324 bits per heavy atom. The number of benzene rings is 4. The van der Waals surface area contributed by atoms with Crippen LogP contribution in [0.5, 0.6) is 0 Å². The maximum Gasteiger partial charge on any atom is 0.385 e. The van der Waals surface area contributed by atoms with E-state index in [1.54, 1.807) is 0 Å². The van der Waals surface area contributed by atoms with Gasteiger partial charge in [-0.15, -0.1) is 0 Å². The van der Waals surface area contributed by atoms with Crippen molar-refractivity contribution < 1.29 is 0 Å². The fourth-order valence-electron chi connectivity index (χ4n) is 3.31. The highest BCUT2D eigenvalue weighted by atomic mass is 127. The Morgan fingerprint density at radius 2 is 0.500 bits per heavy atom. The van der Waals surface area contributed by atoms with E-state index < -0.39 is 0 Å². The predicted octanol–water partition coefficient (Wildman–Crippen LogP) is 7.91. The summed E-state index contributed by atoms with van der Waals surface area (Å²) in [6.45, 7) is -0.336. The van der Waals surface area contributed by atoms with Gasteiger partial charge in [-0.3, -0.25) is 0 Å². The lowest BCUT2D eigenvalue weighted by Crippen LogP contribution is -2.58. The molecule has 170 valence electrons. The van der Waals surface area contributed by atoms with Crippen molar-refractivity contribution in [2.45, 2.75) is 0 Å². The molecule has 0 saturated carbocycles. The molecule has 4 rings (SSSR count). The molecule has 0 heterocycles. The molecule has 0 fully saturated rings. The maximum absolute atomic E-state index is 3.69. The van der Waals surface area contributed by atoms with E-state index in [0.29, 0.717) is 0 Å². The summed E-state index contributed by atoms with van der Waals surface area (Å²) in [6, 6.07) is 33.7. The highest BCUT2D eigenvalue weighted by Crippen LogP contribution is 2.19. The number of rotatable bonds is 9. The normalized spacial score (nSPS) is 10.4. The van der Waals surface area contributed by atoms with Crippen LogP contribution < -0.4 is 20.9 Å². The van der Waals surface area contributed by atoms with Gasteiger partial charge in [-0.2, -0.15) is 0 Å². The molecule has 0 aromatic heterocycles. The van der Waals surface area contributed by atoms with Crippen molar-refractivity contribution in [3.8, 4) is 0 Å². The van der Waals surface area contributed by atoms with Crippen LogP contribution in [-0.2, 0) is 0 Å².